The maximum atomic E-state index is 15.0. The van der Waals surface area contributed by atoms with Gasteiger partial charge in [0, 0.05) is 25.2 Å². The Labute approximate surface area is 338 Å². The van der Waals surface area contributed by atoms with Crippen molar-refractivity contribution in [2.45, 2.75) is 160 Å². The van der Waals surface area contributed by atoms with Gasteiger partial charge in [-0.3, -0.25) is 14.4 Å². The van der Waals surface area contributed by atoms with E-state index in [1.165, 1.54) is 20.8 Å². The third kappa shape index (κ3) is 7.35. The van der Waals surface area contributed by atoms with Crippen molar-refractivity contribution >= 4 is 29.8 Å². The van der Waals surface area contributed by atoms with Gasteiger partial charge in [-0.15, -0.1) is 0 Å². The Kier molecular flexibility index (Phi) is 11.8. The van der Waals surface area contributed by atoms with Crippen molar-refractivity contribution in [3.05, 3.63) is 47.0 Å². The fourth-order valence-corrected chi connectivity index (χ4v) is 10.4. The van der Waals surface area contributed by atoms with Gasteiger partial charge in [0.25, 0.3) is 0 Å². The number of nitrogens with one attached hydrogen (secondary N) is 1. The molecule has 1 saturated heterocycles. The van der Waals surface area contributed by atoms with E-state index in [1.807, 2.05) is 0 Å². The summed E-state index contributed by atoms with van der Waals surface area (Å²) >= 11 is 0. The fourth-order valence-electron chi connectivity index (χ4n) is 10.4. The minimum Gasteiger partial charge on any atom is -0.459 e. The number of esters is 3. The molecule has 5 N–H and O–H groups in total. The molecule has 0 spiro atoms. The molecule has 15 nitrogen and oxygen atoms in total. The number of Topliss-reactive ketones (excluding diaryl/α,β-unsaturated/α-hetero) is 1. The number of alkyl carbamates (subject to hydrolysis) is 1. The first-order valence-electron chi connectivity index (χ1n) is 20.3. The average molecular weight is 814 g/mol. The number of amides is 1. The Morgan fingerprint density at radius 2 is 1.62 bits per heavy atom. The quantitative estimate of drug-likeness (QED) is 0.144. The molecule has 0 unspecified atom stereocenters. The van der Waals surface area contributed by atoms with Gasteiger partial charge in [-0.25, -0.2) is 9.59 Å². The predicted octanol–water partition coefficient (Wildman–Crippen LogP) is 3.53. The number of aliphatic hydroxyl groups excluding tert-OH is 3. The van der Waals surface area contributed by atoms with E-state index in [4.69, 9.17) is 23.7 Å². The lowest BCUT2D eigenvalue weighted by Crippen LogP contribution is -2.81. The number of benzene rings is 1. The lowest BCUT2D eigenvalue weighted by atomic mass is 9.44. The Bertz CT molecular complexity index is 1820. The van der Waals surface area contributed by atoms with Crippen LogP contribution in [0.25, 0.3) is 0 Å². The summed E-state index contributed by atoms with van der Waals surface area (Å²) in [7, 11) is 0. The first kappa shape index (κ1) is 43.7. The molecule has 3 saturated carbocycles. The first-order valence-corrected chi connectivity index (χ1v) is 20.3. The molecule has 58 heavy (non-hydrogen) atoms. The summed E-state index contributed by atoms with van der Waals surface area (Å²) in [4.78, 5) is 69.2. The summed E-state index contributed by atoms with van der Waals surface area (Å²) in [6.07, 6.45) is -7.58. The number of aliphatic hydroxyl groups is 4. The van der Waals surface area contributed by atoms with Crippen LogP contribution in [0, 0.1) is 22.7 Å². The lowest BCUT2D eigenvalue weighted by molar-refractivity contribution is -0.347. The number of hydrogen-bond donors (Lipinski definition) is 5. The van der Waals surface area contributed by atoms with Crippen molar-refractivity contribution in [3.8, 4) is 0 Å². The van der Waals surface area contributed by atoms with Crippen molar-refractivity contribution < 1.29 is 68.1 Å². The van der Waals surface area contributed by atoms with Crippen LogP contribution in [0.15, 0.2) is 41.5 Å². The number of ether oxygens (including phenoxy) is 5. The lowest BCUT2D eigenvalue weighted by Gasteiger charge is -2.67. The molecule has 5 aliphatic rings. The maximum absolute atomic E-state index is 15.0. The molecule has 1 aromatic carbocycles. The molecule has 1 aromatic rings. The average Bonchev–Trinajstić information content (AvgIpc) is 3.14. The van der Waals surface area contributed by atoms with Crippen LogP contribution >= 0.6 is 0 Å². The number of ketones is 1. The monoisotopic (exact) mass is 813 g/mol. The molecule has 11 atom stereocenters. The first-order chi connectivity index (χ1) is 27.0. The molecule has 4 aliphatic carbocycles. The van der Waals surface area contributed by atoms with Gasteiger partial charge in [-0.2, -0.15) is 0 Å². The second-order valence-corrected chi connectivity index (χ2v) is 18.6. The van der Waals surface area contributed by atoms with Gasteiger partial charge in [0.2, 0.25) is 0 Å². The van der Waals surface area contributed by atoms with Gasteiger partial charge in [0.15, 0.2) is 17.5 Å². The van der Waals surface area contributed by atoms with E-state index in [9.17, 15) is 44.4 Å². The highest BCUT2D eigenvalue weighted by Crippen LogP contribution is 2.64. The third-order valence-electron chi connectivity index (χ3n) is 13.5. The van der Waals surface area contributed by atoms with Gasteiger partial charge >= 0.3 is 24.0 Å². The van der Waals surface area contributed by atoms with E-state index in [0.717, 1.165) is 19.3 Å². The van der Waals surface area contributed by atoms with Crippen LogP contribution in [-0.2, 0) is 42.9 Å². The second-order valence-electron chi connectivity index (χ2n) is 18.6. The molecule has 0 aromatic heterocycles. The van der Waals surface area contributed by atoms with Gasteiger partial charge in [-0.1, -0.05) is 63.4 Å². The maximum Gasteiger partial charge on any atom is 0.408 e. The Morgan fingerprint density at radius 3 is 2.19 bits per heavy atom. The summed E-state index contributed by atoms with van der Waals surface area (Å²) < 4.78 is 29.8. The van der Waals surface area contributed by atoms with E-state index >= 15 is 0 Å². The highest BCUT2D eigenvalue weighted by Gasteiger charge is 2.78. The van der Waals surface area contributed by atoms with Gasteiger partial charge in [0.05, 0.1) is 36.0 Å². The Morgan fingerprint density at radius 1 is 0.983 bits per heavy atom. The van der Waals surface area contributed by atoms with Crippen LogP contribution in [0.2, 0.25) is 0 Å². The van der Waals surface area contributed by atoms with E-state index in [2.05, 4.69) is 5.32 Å². The smallest absolute Gasteiger partial charge is 0.408 e. The molecule has 320 valence electrons. The van der Waals surface area contributed by atoms with E-state index in [-0.39, 0.29) is 24.2 Å². The van der Waals surface area contributed by atoms with E-state index < -0.39 is 118 Å². The van der Waals surface area contributed by atoms with Crippen molar-refractivity contribution in [2.75, 3.05) is 6.61 Å². The van der Waals surface area contributed by atoms with Crippen LogP contribution in [0.3, 0.4) is 0 Å². The zero-order valence-corrected chi connectivity index (χ0v) is 34.6. The highest BCUT2D eigenvalue weighted by molar-refractivity contribution is 5.93. The molecule has 1 amide bonds. The Hall–Kier alpha value is -3.89. The standard InChI is InChI=1S/C43H59NO14/c1-22-26(55-37(51)32(48)30(24-15-11-9-12-16-24)44-38(52)58-39(3,4)5)20-43(53)35(56-36(50)25-17-13-10-14-18-25)33-41(8,34(49)31(47)29(22)40(43,6)7)27(46)19-28-42(33,21-54-28)57-23(2)45/h9,11-12,15-16,25-28,30-33,35,46-48,53H,10,13-14,17-21H2,1-8H3,(H,44,52)/t26-,27-,28+,30-,31+,32+,33-,35-,41+,42-,43+/m0/s1. The summed E-state index contributed by atoms with van der Waals surface area (Å²) in [6.45, 7) is 12.0. The topological polar surface area (TPSA) is 224 Å². The minimum atomic E-state index is -2.28. The molecule has 15 heteroatoms. The van der Waals surface area contributed by atoms with Crippen LogP contribution in [-0.4, -0.2) is 110 Å². The van der Waals surface area contributed by atoms with Crippen LogP contribution < -0.4 is 5.32 Å². The number of carbonyl (C=O) groups excluding carboxylic acids is 5. The van der Waals surface area contributed by atoms with Crippen LogP contribution in [0.4, 0.5) is 4.79 Å². The van der Waals surface area contributed by atoms with E-state index in [0.29, 0.717) is 18.4 Å². The van der Waals surface area contributed by atoms with Crippen molar-refractivity contribution in [1.82, 2.24) is 5.32 Å². The van der Waals surface area contributed by atoms with Crippen molar-refractivity contribution in [3.63, 3.8) is 0 Å². The summed E-state index contributed by atoms with van der Waals surface area (Å²) in [5.74, 6) is -5.46. The summed E-state index contributed by atoms with van der Waals surface area (Å²) in [5, 5.41) is 51.7. The van der Waals surface area contributed by atoms with Crippen LogP contribution in [0.5, 0.6) is 0 Å². The van der Waals surface area contributed by atoms with Crippen molar-refractivity contribution in [1.29, 1.82) is 0 Å². The second kappa shape index (κ2) is 15.6. The molecule has 1 aliphatic heterocycles. The zero-order valence-electron chi connectivity index (χ0n) is 34.6. The largest absolute Gasteiger partial charge is 0.459 e. The zero-order chi connectivity index (χ0) is 42.7. The molecular formula is C43H59NO14. The molecule has 1 heterocycles. The minimum absolute atomic E-state index is 0.0239. The highest BCUT2D eigenvalue weighted by atomic mass is 16.6. The SMILES string of the molecule is CC(=O)O[C@@]12CO[C@@H]1C[C@H](O)[C@@]1(C)C(=O)[C@H](O)C3=C(C)[C@@H](OC(=O)[C@H](O)[C@@H](NC(=O)OC(C)(C)C)c4ccccc4)C[C@@](O)([C@@H](OC(=O)C4CCCCC4)[C@H]21)C3(C)C. The predicted molar refractivity (Wildman–Crippen MR) is 204 cm³/mol. The van der Waals surface area contributed by atoms with Crippen LogP contribution in [0.1, 0.15) is 112 Å². The van der Waals surface area contributed by atoms with Gasteiger partial charge in [-0.05, 0) is 64.2 Å². The van der Waals surface area contributed by atoms with Gasteiger partial charge < -0.3 is 49.4 Å². The summed E-state index contributed by atoms with van der Waals surface area (Å²) in [5.41, 5.74) is -7.89. The number of rotatable bonds is 8. The van der Waals surface area contributed by atoms with E-state index in [1.54, 1.807) is 65.0 Å². The normalized spacial score (nSPS) is 35.7. The molecule has 6 rings (SSSR count). The summed E-state index contributed by atoms with van der Waals surface area (Å²) in [6, 6.07) is 6.85. The van der Waals surface area contributed by atoms with Gasteiger partial charge in [0.1, 0.15) is 35.6 Å². The fraction of sp³-hybridized carbons (Fsp3) is 0.698. The molecule has 0 radical (unpaired) electrons. The molecular weight excluding hydrogens is 754 g/mol. The third-order valence-corrected chi connectivity index (χ3v) is 13.5. The molecule has 2 bridgehead atoms. The van der Waals surface area contributed by atoms with Crippen molar-refractivity contribution in [2.24, 2.45) is 22.7 Å². The number of fused-ring (bicyclic) bond motifs is 5. The Balaban J connectivity index is 1.47. The number of hydrogen-bond acceptors (Lipinski definition) is 14. The molecule has 4 fully saturated rings. The number of carbonyl (C=O) groups is 5.